The summed E-state index contributed by atoms with van der Waals surface area (Å²) < 4.78 is 0. The van der Waals surface area contributed by atoms with Gasteiger partial charge in [-0.2, -0.15) is 0 Å². The van der Waals surface area contributed by atoms with Crippen molar-refractivity contribution in [1.82, 2.24) is 0 Å². The number of carboxylic acids is 1. The normalized spacial score (nSPS) is 49.0. The van der Waals surface area contributed by atoms with Gasteiger partial charge in [-0.15, -0.1) is 0 Å². The molecule has 26 heavy (non-hydrogen) atoms. The topological polar surface area (TPSA) is 37.3 Å². The molecular formula is C24H40O2. The van der Waals surface area contributed by atoms with Gasteiger partial charge in [-0.05, 0) is 104 Å². The monoisotopic (exact) mass is 360 g/mol. The first-order valence-corrected chi connectivity index (χ1v) is 11.6. The molecule has 0 spiro atoms. The summed E-state index contributed by atoms with van der Waals surface area (Å²) in [5.41, 5.74) is 1.12. The first-order valence-electron chi connectivity index (χ1n) is 11.6. The first-order chi connectivity index (χ1) is 12.4. The van der Waals surface area contributed by atoms with Crippen LogP contribution in [0.3, 0.4) is 0 Å². The predicted octanol–water partition coefficient (Wildman–Crippen LogP) is 6.54. The van der Waals surface area contributed by atoms with Gasteiger partial charge >= 0.3 is 5.97 Å². The molecule has 0 aliphatic heterocycles. The van der Waals surface area contributed by atoms with E-state index in [-0.39, 0.29) is 0 Å². The van der Waals surface area contributed by atoms with Crippen LogP contribution >= 0.6 is 0 Å². The van der Waals surface area contributed by atoms with Gasteiger partial charge < -0.3 is 5.11 Å². The van der Waals surface area contributed by atoms with Crippen LogP contribution in [0.15, 0.2) is 0 Å². The molecule has 2 nitrogen and oxygen atoms in total. The Hall–Kier alpha value is -0.530. The molecule has 0 heterocycles. The second-order valence-corrected chi connectivity index (χ2v) is 11.0. The molecule has 0 aromatic carbocycles. The molecule has 0 aromatic rings. The van der Waals surface area contributed by atoms with Crippen molar-refractivity contribution in [3.05, 3.63) is 0 Å². The van der Waals surface area contributed by atoms with Gasteiger partial charge in [-0.3, -0.25) is 4.79 Å². The SMILES string of the molecule is C[C@H](CCC(=O)O)[C@H]1CC[C@@H]2[C@H]3CC[C@@H]4CCCC[C@]4(C)[C@@H]3CC[C@@]21C. The standard InChI is InChI=1S/C24H40O2/c1-16(7-12-22(25)26)19-10-11-20-18-9-8-17-6-4-5-14-23(17,2)21(18)13-15-24(19,20)3/h16-21H,4-15H2,1-3H3,(H,25,26)/t16-,17+,18-,19-,20-,21-,23+,24-/m1/s1. The number of carbonyl (C=O) groups is 1. The van der Waals surface area contributed by atoms with Crippen molar-refractivity contribution in [2.75, 3.05) is 0 Å². The van der Waals surface area contributed by atoms with Gasteiger partial charge in [0.2, 0.25) is 0 Å². The van der Waals surface area contributed by atoms with Crippen LogP contribution in [0.4, 0.5) is 0 Å². The van der Waals surface area contributed by atoms with Crippen molar-refractivity contribution in [2.45, 2.75) is 97.8 Å². The van der Waals surface area contributed by atoms with Crippen LogP contribution < -0.4 is 0 Å². The molecule has 2 heteroatoms. The Morgan fingerprint density at radius 1 is 0.962 bits per heavy atom. The maximum Gasteiger partial charge on any atom is 0.303 e. The third-order valence-electron chi connectivity index (χ3n) is 10.2. The molecule has 4 aliphatic carbocycles. The fourth-order valence-electron chi connectivity index (χ4n) is 8.82. The molecule has 0 radical (unpaired) electrons. The Morgan fingerprint density at radius 3 is 2.50 bits per heavy atom. The van der Waals surface area contributed by atoms with Crippen LogP contribution in [0.2, 0.25) is 0 Å². The molecule has 8 atom stereocenters. The van der Waals surface area contributed by atoms with Crippen LogP contribution in [-0.4, -0.2) is 11.1 Å². The van der Waals surface area contributed by atoms with Gasteiger partial charge in [0.15, 0.2) is 0 Å². The number of carboxylic acid groups (broad SMARTS) is 1. The third-order valence-corrected chi connectivity index (χ3v) is 10.2. The smallest absolute Gasteiger partial charge is 0.303 e. The highest BCUT2D eigenvalue weighted by Crippen LogP contribution is 2.68. The summed E-state index contributed by atoms with van der Waals surface area (Å²) in [5, 5.41) is 9.09. The molecular weight excluding hydrogens is 320 g/mol. The second kappa shape index (κ2) is 6.82. The van der Waals surface area contributed by atoms with Crippen molar-refractivity contribution >= 4 is 5.97 Å². The zero-order valence-corrected chi connectivity index (χ0v) is 17.3. The average molecular weight is 361 g/mol. The number of hydrogen-bond acceptors (Lipinski definition) is 1. The Kier molecular flexibility index (Phi) is 4.93. The van der Waals surface area contributed by atoms with E-state index in [0.717, 1.165) is 36.0 Å². The molecule has 0 saturated heterocycles. The zero-order valence-electron chi connectivity index (χ0n) is 17.3. The third kappa shape index (κ3) is 2.85. The van der Waals surface area contributed by atoms with Gasteiger partial charge in [0.05, 0.1) is 0 Å². The minimum absolute atomic E-state index is 0.351. The first kappa shape index (κ1) is 18.8. The highest BCUT2D eigenvalue weighted by Gasteiger charge is 2.60. The van der Waals surface area contributed by atoms with Gasteiger partial charge in [0, 0.05) is 6.42 Å². The number of rotatable bonds is 4. The minimum atomic E-state index is -0.621. The molecule has 0 bridgehead atoms. The van der Waals surface area contributed by atoms with Gasteiger partial charge in [0.25, 0.3) is 0 Å². The highest BCUT2D eigenvalue weighted by molar-refractivity contribution is 5.66. The van der Waals surface area contributed by atoms with E-state index < -0.39 is 5.97 Å². The van der Waals surface area contributed by atoms with Crippen LogP contribution in [0.25, 0.3) is 0 Å². The lowest BCUT2D eigenvalue weighted by Gasteiger charge is -2.61. The van der Waals surface area contributed by atoms with E-state index in [0.29, 0.717) is 23.2 Å². The minimum Gasteiger partial charge on any atom is -0.481 e. The molecule has 4 fully saturated rings. The summed E-state index contributed by atoms with van der Waals surface area (Å²) in [6.07, 6.45) is 15.7. The van der Waals surface area contributed by atoms with Crippen molar-refractivity contribution in [3.63, 3.8) is 0 Å². The van der Waals surface area contributed by atoms with E-state index in [2.05, 4.69) is 20.8 Å². The van der Waals surface area contributed by atoms with Crippen LogP contribution in [0.5, 0.6) is 0 Å². The van der Waals surface area contributed by atoms with Gasteiger partial charge in [0.1, 0.15) is 0 Å². The van der Waals surface area contributed by atoms with Crippen molar-refractivity contribution in [2.24, 2.45) is 46.3 Å². The van der Waals surface area contributed by atoms with Crippen molar-refractivity contribution in [1.29, 1.82) is 0 Å². The summed E-state index contributed by atoms with van der Waals surface area (Å²) >= 11 is 0. The average Bonchev–Trinajstić information content (AvgIpc) is 2.96. The van der Waals surface area contributed by atoms with E-state index in [4.69, 9.17) is 5.11 Å². The van der Waals surface area contributed by atoms with Crippen LogP contribution in [0, 0.1) is 46.3 Å². The maximum atomic E-state index is 11.0. The molecule has 0 unspecified atom stereocenters. The summed E-state index contributed by atoms with van der Waals surface area (Å²) in [6, 6.07) is 0. The van der Waals surface area contributed by atoms with Crippen LogP contribution in [-0.2, 0) is 4.79 Å². The predicted molar refractivity (Wildman–Crippen MR) is 106 cm³/mol. The lowest BCUT2D eigenvalue weighted by atomic mass is 9.44. The summed E-state index contributed by atoms with van der Waals surface area (Å²) in [4.78, 5) is 11.0. The van der Waals surface area contributed by atoms with E-state index in [9.17, 15) is 4.79 Å². The maximum absolute atomic E-state index is 11.0. The summed E-state index contributed by atoms with van der Waals surface area (Å²) in [6.45, 7) is 7.60. The zero-order chi connectivity index (χ0) is 18.5. The van der Waals surface area contributed by atoms with E-state index in [1.165, 1.54) is 64.2 Å². The van der Waals surface area contributed by atoms with Crippen molar-refractivity contribution < 1.29 is 9.90 Å². The number of fused-ring (bicyclic) bond motifs is 5. The number of hydrogen-bond donors (Lipinski definition) is 1. The van der Waals surface area contributed by atoms with E-state index in [1.807, 2.05) is 0 Å². The Balaban J connectivity index is 1.52. The molecule has 1 N–H and O–H groups in total. The van der Waals surface area contributed by atoms with E-state index >= 15 is 0 Å². The summed E-state index contributed by atoms with van der Waals surface area (Å²) in [7, 11) is 0. The molecule has 0 aromatic heterocycles. The highest BCUT2D eigenvalue weighted by atomic mass is 16.4. The van der Waals surface area contributed by atoms with E-state index in [1.54, 1.807) is 0 Å². The molecule has 0 amide bonds. The lowest BCUT2D eigenvalue weighted by molar-refractivity contribution is -0.137. The second-order valence-electron chi connectivity index (χ2n) is 11.0. The largest absolute Gasteiger partial charge is 0.481 e. The Morgan fingerprint density at radius 2 is 1.73 bits per heavy atom. The van der Waals surface area contributed by atoms with Crippen LogP contribution in [0.1, 0.15) is 97.8 Å². The molecule has 4 saturated carbocycles. The summed E-state index contributed by atoms with van der Waals surface area (Å²) in [5.74, 6) is 4.57. The Bertz CT molecular complexity index is 542. The Labute approximate surface area is 160 Å². The van der Waals surface area contributed by atoms with Gasteiger partial charge in [-0.1, -0.05) is 33.6 Å². The van der Waals surface area contributed by atoms with Crippen molar-refractivity contribution in [3.8, 4) is 0 Å². The fraction of sp³-hybridized carbons (Fsp3) is 0.958. The molecule has 4 rings (SSSR count). The number of aliphatic carboxylic acids is 1. The lowest BCUT2D eigenvalue weighted by Crippen LogP contribution is -2.53. The molecule has 148 valence electrons. The quantitative estimate of drug-likeness (QED) is 0.618. The molecule has 4 aliphatic rings. The fourth-order valence-corrected chi connectivity index (χ4v) is 8.82. The van der Waals surface area contributed by atoms with Gasteiger partial charge in [-0.25, -0.2) is 0 Å².